The summed E-state index contributed by atoms with van der Waals surface area (Å²) in [6.45, 7) is 3.16. The average molecular weight is 472 g/mol. The summed E-state index contributed by atoms with van der Waals surface area (Å²) >= 11 is 6.22. The largest absolute Gasteiger partial charge is 0.394 e. The summed E-state index contributed by atoms with van der Waals surface area (Å²) in [4.78, 5) is 34.7. The number of carbonyl (C=O) groups is 2. The predicted molar refractivity (Wildman–Crippen MR) is 113 cm³/mol. The van der Waals surface area contributed by atoms with Gasteiger partial charge in [0.25, 0.3) is 11.8 Å². The number of aromatic nitrogens is 2. The molecule has 11 nitrogen and oxygen atoms in total. The van der Waals surface area contributed by atoms with Gasteiger partial charge in [0, 0.05) is 0 Å². The van der Waals surface area contributed by atoms with Gasteiger partial charge in [0.1, 0.15) is 29.9 Å². The molecule has 1 aromatic heterocycles. The molecular weight excluding hydrogens is 454 g/mol. The first-order valence-corrected chi connectivity index (χ1v) is 10.5. The molecule has 5 rings (SSSR count). The van der Waals surface area contributed by atoms with Crippen molar-refractivity contribution in [3.05, 3.63) is 46.1 Å². The van der Waals surface area contributed by atoms with E-state index in [2.05, 4.69) is 15.3 Å². The summed E-state index contributed by atoms with van der Waals surface area (Å²) in [5, 5.41) is 22.0. The highest BCUT2D eigenvalue weighted by Crippen LogP contribution is 2.39. The second-order valence-electron chi connectivity index (χ2n) is 8.13. The van der Waals surface area contributed by atoms with Crippen LogP contribution in [0, 0.1) is 11.3 Å². The molecule has 0 saturated carbocycles. The van der Waals surface area contributed by atoms with E-state index in [1.807, 2.05) is 6.07 Å². The fourth-order valence-electron chi connectivity index (χ4n) is 4.18. The number of ether oxygens (including phenoxy) is 3. The van der Waals surface area contributed by atoms with Crippen molar-refractivity contribution in [3.8, 4) is 6.07 Å². The van der Waals surface area contributed by atoms with Crippen molar-refractivity contribution in [2.75, 3.05) is 16.8 Å². The molecular formula is C21H18ClN5O6. The van der Waals surface area contributed by atoms with Crippen molar-refractivity contribution in [1.29, 1.82) is 5.26 Å². The lowest BCUT2D eigenvalue weighted by Gasteiger charge is -2.24. The second-order valence-corrected chi connectivity index (χ2v) is 8.49. The van der Waals surface area contributed by atoms with Crippen molar-refractivity contribution in [2.45, 2.75) is 44.2 Å². The van der Waals surface area contributed by atoms with E-state index in [1.54, 1.807) is 26.0 Å². The second kappa shape index (κ2) is 7.72. The van der Waals surface area contributed by atoms with Gasteiger partial charge in [0.15, 0.2) is 23.0 Å². The molecule has 12 heteroatoms. The van der Waals surface area contributed by atoms with Crippen LogP contribution >= 0.6 is 11.6 Å². The number of rotatable bonds is 4. The molecule has 0 spiro atoms. The lowest BCUT2D eigenvalue weighted by atomic mass is 10.1. The Morgan fingerprint density at radius 3 is 2.42 bits per heavy atom. The molecule has 0 aliphatic carbocycles. The van der Waals surface area contributed by atoms with Crippen molar-refractivity contribution in [3.63, 3.8) is 0 Å². The monoisotopic (exact) mass is 471 g/mol. The van der Waals surface area contributed by atoms with Gasteiger partial charge in [-0.2, -0.15) is 15.2 Å². The lowest BCUT2D eigenvalue weighted by molar-refractivity contribution is -0.187. The topological polar surface area (TPSA) is 147 Å². The summed E-state index contributed by atoms with van der Waals surface area (Å²) in [6.07, 6.45) is -2.71. The molecule has 4 atom stereocenters. The first-order valence-electron chi connectivity index (χ1n) is 10.1. The van der Waals surface area contributed by atoms with Gasteiger partial charge in [-0.3, -0.25) is 9.59 Å². The summed E-state index contributed by atoms with van der Waals surface area (Å²) in [7, 11) is 0. The molecule has 170 valence electrons. The Bertz CT molecular complexity index is 1180. The van der Waals surface area contributed by atoms with E-state index < -0.39 is 42.1 Å². The standard InChI is InChI=1S/C21H18ClN5O6/c1-21(2)32-13-12(8-28)31-17(14(13)33-21)25-16-11(7-23)15(22)24-20(26-16)27-18(29)9-5-3-4-6-10(9)19(27)30/h3-6,12-14,17,28H,8H2,1-2H3,(H,24,25,26)/t12-,13-,14-,17-/m1/s1. The first-order chi connectivity index (χ1) is 15.7. The Kier molecular flexibility index (Phi) is 5.08. The van der Waals surface area contributed by atoms with E-state index in [9.17, 15) is 20.0 Å². The van der Waals surface area contributed by atoms with Crippen LogP contribution in [0.5, 0.6) is 0 Å². The molecule has 0 bridgehead atoms. The van der Waals surface area contributed by atoms with Crippen LogP contribution in [0.15, 0.2) is 24.3 Å². The zero-order valence-electron chi connectivity index (χ0n) is 17.5. The van der Waals surface area contributed by atoms with Crippen LogP contribution in [0.1, 0.15) is 40.1 Å². The number of aliphatic hydroxyl groups excluding tert-OH is 1. The zero-order valence-corrected chi connectivity index (χ0v) is 18.2. The van der Waals surface area contributed by atoms with Gasteiger partial charge < -0.3 is 24.6 Å². The van der Waals surface area contributed by atoms with E-state index in [-0.39, 0.29) is 40.2 Å². The highest BCUT2D eigenvalue weighted by Gasteiger charge is 2.55. The maximum atomic E-state index is 12.8. The number of nitrogens with one attached hydrogen (secondary N) is 1. The number of amides is 2. The van der Waals surface area contributed by atoms with Crippen LogP contribution in [0.4, 0.5) is 11.8 Å². The minimum atomic E-state index is -0.904. The first kappa shape index (κ1) is 21.7. The maximum Gasteiger partial charge on any atom is 0.268 e. The normalized spacial score (nSPS) is 27.4. The number of nitriles is 1. The minimum Gasteiger partial charge on any atom is -0.394 e. The number of aliphatic hydroxyl groups is 1. The molecule has 2 amide bonds. The van der Waals surface area contributed by atoms with Gasteiger partial charge in [-0.1, -0.05) is 23.7 Å². The number of halogens is 1. The minimum absolute atomic E-state index is 0.0558. The van der Waals surface area contributed by atoms with E-state index in [0.29, 0.717) is 0 Å². The third-order valence-corrected chi connectivity index (χ3v) is 5.84. The van der Waals surface area contributed by atoms with Gasteiger partial charge >= 0.3 is 0 Å². The molecule has 4 heterocycles. The van der Waals surface area contributed by atoms with Crippen LogP contribution in [0.2, 0.25) is 5.15 Å². The van der Waals surface area contributed by atoms with Crippen molar-refractivity contribution >= 4 is 35.2 Å². The maximum absolute atomic E-state index is 12.8. The molecule has 3 aliphatic heterocycles. The van der Waals surface area contributed by atoms with E-state index in [1.165, 1.54) is 12.1 Å². The Hall–Kier alpha value is -3.14. The van der Waals surface area contributed by atoms with Crippen molar-refractivity contribution < 1.29 is 28.9 Å². The Morgan fingerprint density at radius 2 is 1.82 bits per heavy atom. The molecule has 2 N–H and O–H groups in total. The third kappa shape index (κ3) is 3.43. The molecule has 2 saturated heterocycles. The fraction of sp³-hybridized carbons (Fsp3) is 0.381. The van der Waals surface area contributed by atoms with Gasteiger partial charge in [0.2, 0.25) is 5.95 Å². The molecule has 2 fully saturated rings. The molecule has 0 radical (unpaired) electrons. The Balaban J connectivity index is 1.50. The van der Waals surface area contributed by atoms with Gasteiger partial charge in [0.05, 0.1) is 17.7 Å². The molecule has 3 aliphatic rings. The number of fused-ring (bicyclic) bond motifs is 2. The molecule has 33 heavy (non-hydrogen) atoms. The van der Waals surface area contributed by atoms with E-state index in [4.69, 9.17) is 25.8 Å². The number of carbonyl (C=O) groups excluding carboxylic acids is 2. The van der Waals surface area contributed by atoms with E-state index in [0.717, 1.165) is 4.90 Å². The average Bonchev–Trinajstić information content (AvgIpc) is 3.35. The van der Waals surface area contributed by atoms with Crippen LogP contribution in [0.25, 0.3) is 0 Å². The molecule has 2 aromatic rings. The van der Waals surface area contributed by atoms with Gasteiger partial charge in [-0.15, -0.1) is 0 Å². The summed E-state index contributed by atoms with van der Waals surface area (Å²) in [5.41, 5.74) is 0.322. The molecule has 0 unspecified atom stereocenters. The zero-order chi connectivity index (χ0) is 23.5. The highest BCUT2D eigenvalue weighted by molar-refractivity contribution is 6.34. The summed E-state index contributed by atoms with van der Waals surface area (Å²) < 4.78 is 17.5. The SMILES string of the molecule is CC1(C)O[C@@H]2[C@H](O1)[C@@H](CO)O[C@H]2Nc1nc(N2C(=O)c3ccccc3C2=O)nc(Cl)c1C#N. The van der Waals surface area contributed by atoms with Gasteiger partial charge in [-0.05, 0) is 26.0 Å². The number of benzene rings is 1. The van der Waals surface area contributed by atoms with Crippen molar-refractivity contribution in [1.82, 2.24) is 9.97 Å². The van der Waals surface area contributed by atoms with Gasteiger partial charge in [-0.25, -0.2) is 4.90 Å². The Morgan fingerprint density at radius 1 is 1.18 bits per heavy atom. The smallest absolute Gasteiger partial charge is 0.268 e. The van der Waals surface area contributed by atoms with Crippen LogP contribution in [-0.4, -0.2) is 63.8 Å². The number of hydrogen-bond donors (Lipinski definition) is 2. The number of anilines is 2. The lowest BCUT2D eigenvalue weighted by Crippen LogP contribution is -2.36. The summed E-state index contributed by atoms with van der Waals surface area (Å²) in [6, 6.07) is 8.25. The quantitative estimate of drug-likeness (QED) is 0.496. The molecule has 1 aromatic carbocycles. The summed E-state index contributed by atoms with van der Waals surface area (Å²) in [5.74, 6) is -2.45. The predicted octanol–water partition coefficient (Wildman–Crippen LogP) is 1.45. The Labute approximate surface area is 192 Å². The number of hydrogen-bond acceptors (Lipinski definition) is 10. The number of nitrogens with zero attached hydrogens (tertiary/aromatic N) is 4. The van der Waals surface area contributed by atoms with Crippen molar-refractivity contribution in [2.24, 2.45) is 0 Å². The highest BCUT2D eigenvalue weighted by atomic mass is 35.5. The fourth-order valence-corrected chi connectivity index (χ4v) is 4.38. The van der Waals surface area contributed by atoms with Crippen LogP contribution < -0.4 is 10.2 Å². The van der Waals surface area contributed by atoms with Crippen LogP contribution in [-0.2, 0) is 14.2 Å². The van der Waals surface area contributed by atoms with Crippen LogP contribution in [0.3, 0.4) is 0 Å². The third-order valence-electron chi connectivity index (χ3n) is 5.57. The van der Waals surface area contributed by atoms with E-state index >= 15 is 0 Å². The number of imide groups is 1.